The number of rotatable bonds is 1. The largest absolute Gasteiger partial charge is 0.392 e. The number of aliphatic hydroxyl groups excluding tert-OH is 1. The molecule has 1 unspecified atom stereocenters. The molecule has 1 heterocycles. The Labute approximate surface area is 60.6 Å². The van der Waals surface area contributed by atoms with Crippen LogP contribution in [0.15, 0.2) is 0 Å². The van der Waals surface area contributed by atoms with Crippen LogP contribution >= 0.6 is 0 Å². The molecule has 58 valence electrons. The van der Waals surface area contributed by atoms with Crippen molar-refractivity contribution in [2.24, 2.45) is 0 Å². The molecule has 0 saturated carbocycles. The lowest BCUT2D eigenvalue weighted by Crippen LogP contribution is -2.30. The molecule has 0 amide bonds. The first-order chi connectivity index (χ1) is 4.61. The highest BCUT2D eigenvalue weighted by Crippen LogP contribution is 2.15. The molecule has 1 rings (SSSR count). The first-order valence-corrected chi connectivity index (χ1v) is 3.50. The molecule has 0 radical (unpaired) electrons. The molecule has 1 aliphatic heterocycles. The van der Waals surface area contributed by atoms with Crippen LogP contribution in [0.3, 0.4) is 0 Å². The van der Waals surface area contributed by atoms with Gasteiger partial charge in [-0.15, -0.1) is 0 Å². The normalized spacial score (nSPS) is 34.7. The van der Waals surface area contributed by atoms with Gasteiger partial charge in [0.1, 0.15) is 5.78 Å². The van der Waals surface area contributed by atoms with Gasteiger partial charge in [0.2, 0.25) is 0 Å². The van der Waals surface area contributed by atoms with Gasteiger partial charge in [-0.25, -0.2) is 0 Å². The summed E-state index contributed by atoms with van der Waals surface area (Å²) in [6, 6.07) is -0.0463. The van der Waals surface area contributed by atoms with E-state index in [-0.39, 0.29) is 17.9 Å². The summed E-state index contributed by atoms with van der Waals surface area (Å²) in [5.74, 6) is 0.152. The third kappa shape index (κ3) is 1.36. The van der Waals surface area contributed by atoms with E-state index in [1.54, 1.807) is 6.92 Å². The zero-order valence-electron chi connectivity index (χ0n) is 6.37. The number of hydrogen-bond acceptors (Lipinski definition) is 3. The van der Waals surface area contributed by atoms with Gasteiger partial charge in [0.25, 0.3) is 0 Å². The van der Waals surface area contributed by atoms with Gasteiger partial charge in [-0.2, -0.15) is 0 Å². The number of β-amino-alcohol motifs (C(OH)–C–C–N with tert-alkyl or cyclic N) is 1. The molecule has 0 spiro atoms. The monoisotopic (exact) mass is 143 g/mol. The first kappa shape index (κ1) is 7.69. The van der Waals surface area contributed by atoms with Crippen LogP contribution in [0.5, 0.6) is 0 Å². The molecule has 0 aromatic heterocycles. The molecule has 1 N–H and O–H groups in total. The topological polar surface area (TPSA) is 40.5 Å². The van der Waals surface area contributed by atoms with Crippen molar-refractivity contribution in [3.8, 4) is 0 Å². The Morgan fingerprint density at radius 2 is 2.30 bits per heavy atom. The molecule has 0 aromatic carbocycles. The summed E-state index contributed by atoms with van der Waals surface area (Å²) >= 11 is 0. The molecule has 3 nitrogen and oxygen atoms in total. The van der Waals surface area contributed by atoms with Crippen molar-refractivity contribution < 1.29 is 9.90 Å². The second-order valence-corrected chi connectivity index (χ2v) is 2.96. The highest BCUT2D eigenvalue weighted by molar-refractivity contribution is 5.81. The van der Waals surface area contributed by atoms with Crippen molar-refractivity contribution in [3.63, 3.8) is 0 Å². The molecule has 10 heavy (non-hydrogen) atoms. The lowest BCUT2D eigenvalue weighted by molar-refractivity contribution is -0.120. The zero-order chi connectivity index (χ0) is 7.72. The maximum atomic E-state index is 10.8. The number of carbonyl (C=O) groups excluding carboxylic acids is 1. The van der Waals surface area contributed by atoms with Crippen LogP contribution in [-0.4, -0.2) is 41.5 Å². The van der Waals surface area contributed by atoms with Crippen molar-refractivity contribution in [2.75, 3.05) is 13.6 Å². The predicted molar refractivity (Wildman–Crippen MR) is 37.7 cm³/mol. The van der Waals surface area contributed by atoms with Crippen LogP contribution < -0.4 is 0 Å². The molecule has 1 fully saturated rings. The van der Waals surface area contributed by atoms with Gasteiger partial charge in [0, 0.05) is 6.54 Å². The molecule has 0 aliphatic carbocycles. The third-order valence-electron chi connectivity index (χ3n) is 2.00. The van der Waals surface area contributed by atoms with E-state index in [9.17, 15) is 4.79 Å². The predicted octanol–water partition coefficient (Wildman–Crippen LogP) is -0.360. The highest BCUT2D eigenvalue weighted by Gasteiger charge is 2.30. The van der Waals surface area contributed by atoms with E-state index < -0.39 is 0 Å². The van der Waals surface area contributed by atoms with Gasteiger partial charge in [0.05, 0.1) is 12.1 Å². The summed E-state index contributed by atoms with van der Waals surface area (Å²) in [5.41, 5.74) is 0. The van der Waals surface area contributed by atoms with Gasteiger partial charge in [-0.1, -0.05) is 0 Å². The Balaban J connectivity index is 2.54. The fourth-order valence-corrected chi connectivity index (χ4v) is 1.45. The Bertz CT molecular complexity index is 147. The number of likely N-dealkylation sites (tertiary alicyclic amines) is 1. The molecule has 0 bridgehead atoms. The fourth-order valence-electron chi connectivity index (χ4n) is 1.45. The van der Waals surface area contributed by atoms with E-state index in [1.165, 1.54) is 0 Å². The molecule has 1 saturated heterocycles. The molecule has 3 heteroatoms. The van der Waals surface area contributed by atoms with Gasteiger partial charge in [-0.3, -0.25) is 9.69 Å². The average molecular weight is 143 g/mol. The Hall–Kier alpha value is -0.410. The minimum atomic E-state index is -0.307. The number of ketones is 1. The summed E-state index contributed by atoms with van der Waals surface area (Å²) in [4.78, 5) is 12.7. The summed E-state index contributed by atoms with van der Waals surface area (Å²) in [5, 5.41) is 9.12. The SMILES string of the molecule is CC(=O)C1C[C@H](O)CN1C. The van der Waals surface area contributed by atoms with Crippen molar-refractivity contribution >= 4 is 5.78 Å². The molecule has 1 aliphatic rings. The number of likely N-dealkylation sites (N-methyl/N-ethyl adjacent to an activating group) is 1. The smallest absolute Gasteiger partial charge is 0.146 e. The molecular weight excluding hydrogens is 130 g/mol. The van der Waals surface area contributed by atoms with Gasteiger partial charge in [-0.05, 0) is 20.4 Å². The van der Waals surface area contributed by atoms with Crippen LogP contribution in [0.25, 0.3) is 0 Å². The van der Waals surface area contributed by atoms with Crippen molar-refractivity contribution in [2.45, 2.75) is 25.5 Å². The van der Waals surface area contributed by atoms with Crippen molar-refractivity contribution in [1.29, 1.82) is 0 Å². The lowest BCUT2D eigenvalue weighted by atomic mass is 10.1. The van der Waals surface area contributed by atoms with Crippen LogP contribution in [-0.2, 0) is 4.79 Å². The van der Waals surface area contributed by atoms with Crippen LogP contribution in [0.2, 0.25) is 0 Å². The number of nitrogens with zero attached hydrogens (tertiary/aromatic N) is 1. The van der Waals surface area contributed by atoms with Crippen LogP contribution in [0, 0.1) is 0 Å². The Kier molecular flexibility index (Phi) is 2.06. The zero-order valence-corrected chi connectivity index (χ0v) is 6.37. The Morgan fingerprint density at radius 1 is 1.70 bits per heavy atom. The quantitative estimate of drug-likeness (QED) is 0.545. The molecule has 0 aromatic rings. The van der Waals surface area contributed by atoms with Crippen molar-refractivity contribution in [3.05, 3.63) is 0 Å². The van der Waals surface area contributed by atoms with Crippen LogP contribution in [0.4, 0.5) is 0 Å². The van der Waals surface area contributed by atoms with E-state index in [0.717, 1.165) is 0 Å². The highest BCUT2D eigenvalue weighted by atomic mass is 16.3. The third-order valence-corrected chi connectivity index (χ3v) is 2.00. The number of aliphatic hydroxyl groups is 1. The maximum Gasteiger partial charge on any atom is 0.146 e. The second kappa shape index (κ2) is 2.68. The van der Waals surface area contributed by atoms with Gasteiger partial charge >= 0.3 is 0 Å². The number of hydrogen-bond donors (Lipinski definition) is 1. The standard InChI is InChI=1S/C7H13NO2/c1-5(9)7-3-6(10)4-8(7)2/h6-7,10H,3-4H2,1-2H3/t6-,7?/m0/s1. The van der Waals surface area contributed by atoms with E-state index in [0.29, 0.717) is 13.0 Å². The average Bonchev–Trinajstić information content (AvgIpc) is 2.10. The minimum Gasteiger partial charge on any atom is -0.392 e. The van der Waals surface area contributed by atoms with Crippen molar-refractivity contribution in [1.82, 2.24) is 4.90 Å². The van der Waals surface area contributed by atoms with E-state index >= 15 is 0 Å². The lowest BCUT2D eigenvalue weighted by Gasteiger charge is -2.14. The van der Waals surface area contributed by atoms with E-state index in [2.05, 4.69) is 0 Å². The fraction of sp³-hybridized carbons (Fsp3) is 0.857. The summed E-state index contributed by atoms with van der Waals surface area (Å²) in [6.45, 7) is 2.20. The van der Waals surface area contributed by atoms with Gasteiger partial charge < -0.3 is 5.11 Å². The maximum absolute atomic E-state index is 10.8. The van der Waals surface area contributed by atoms with E-state index in [1.807, 2.05) is 11.9 Å². The number of carbonyl (C=O) groups is 1. The van der Waals surface area contributed by atoms with Gasteiger partial charge in [0.15, 0.2) is 0 Å². The summed E-state index contributed by atoms with van der Waals surface area (Å²) in [6.07, 6.45) is 0.296. The summed E-state index contributed by atoms with van der Waals surface area (Å²) in [7, 11) is 1.86. The molecule has 2 atom stereocenters. The molecular formula is C7H13NO2. The van der Waals surface area contributed by atoms with E-state index in [4.69, 9.17) is 5.11 Å². The second-order valence-electron chi connectivity index (χ2n) is 2.96. The first-order valence-electron chi connectivity index (χ1n) is 3.50. The number of Topliss-reactive ketones (excluding diaryl/α,β-unsaturated/α-hetero) is 1. The summed E-state index contributed by atoms with van der Waals surface area (Å²) < 4.78 is 0. The Morgan fingerprint density at radius 3 is 2.50 bits per heavy atom. The van der Waals surface area contributed by atoms with Crippen LogP contribution in [0.1, 0.15) is 13.3 Å². The minimum absolute atomic E-state index is 0.0463.